The van der Waals surface area contributed by atoms with Crippen LogP contribution in [0.2, 0.25) is 0 Å². The zero-order valence-electron chi connectivity index (χ0n) is 15.0. The van der Waals surface area contributed by atoms with Gasteiger partial charge in [-0.05, 0) is 49.0 Å². The average Bonchev–Trinajstić information content (AvgIpc) is 2.71. The molecule has 0 unspecified atom stereocenters. The van der Waals surface area contributed by atoms with Gasteiger partial charge in [0, 0.05) is 11.8 Å². The normalized spacial score (nSPS) is 14.1. The summed E-state index contributed by atoms with van der Waals surface area (Å²) in [5.41, 5.74) is 3.79. The number of pyridine rings is 2. The number of ether oxygens (including phenoxy) is 3. The first-order valence-corrected chi connectivity index (χ1v) is 8.58. The molecule has 6 nitrogen and oxygen atoms in total. The minimum Gasteiger partial charge on any atom is -0.494 e. The number of aromatic nitrogens is 2. The van der Waals surface area contributed by atoms with Gasteiger partial charge in [0.1, 0.15) is 12.2 Å². The molecule has 0 saturated heterocycles. The fourth-order valence-corrected chi connectivity index (χ4v) is 3.23. The number of hydrogen-bond donors (Lipinski definition) is 0. The molecule has 3 rings (SSSR count). The third-order valence-corrected chi connectivity index (χ3v) is 4.53. The monoisotopic (exact) mass is 354 g/mol. The predicted octanol–water partition coefficient (Wildman–Crippen LogP) is 3.71. The second-order valence-corrected chi connectivity index (χ2v) is 6.01. The van der Waals surface area contributed by atoms with E-state index in [1.165, 1.54) is 24.5 Å². The molecular formula is C20H22N2O4. The molecule has 0 bridgehead atoms. The highest BCUT2D eigenvalue weighted by Crippen LogP contribution is 2.36. The smallest absolute Gasteiger partial charge is 0.220 e. The summed E-state index contributed by atoms with van der Waals surface area (Å²) in [6.45, 7) is 0.392. The fraction of sp³-hybridized carbons (Fsp3) is 0.350. The van der Waals surface area contributed by atoms with E-state index in [9.17, 15) is 4.79 Å². The Morgan fingerprint density at radius 1 is 1.12 bits per heavy atom. The molecular weight excluding hydrogens is 332 g/mol. The molecule has 0 atom stereocenters. The van der Waals surface area contributed by atoms with E-state index in [1.54, 1.807) is 19.5 Å². The number of aldehydes is 1. The van der Waals surface area contributed by atoms with Crippen molar-refractivity contribution in [1.29, 1.82) is 0 Å². The van der Waals surface area contributed by atoms with Crippen LogP contribution in [0.4, 0.5) is 0 Å². The summed E-state index contributed by atoms with van der Waals surface area (Å²) in [6, 6.07) is 3.94. The number of hydrogen-bond acceptors (Lipinski definition) is 6. The van der Waals surface area contributed by atoms with Crippen molar-refractivity contribution < 1.29 is 19.0 Å². The molecule has 0 aliphatic heterocycles. The summed E-state index contributed by atoms with van der Waals surface area (Å²) in [5, 5.41) is 0. The second kappa shape index (κ2) is 8.47. The first-order valence-electron chi connectivity index (χ1n) is 8.58. The van der Waals surface area contributed by atoms with E-state index >= 15 is 0 Å². The number of rotatable bonds is 7. The molecule has 136 valence electrons. The van der Waals surface area contributed by atoms with Crippen LogP contribution in [0.1, 0.15) is 41.6 Å². The van der Waals surface area contributed by atoms with Crippen LogP contribution >= 0.6 is 0 Å². The molecule has 0 aromatic carbocycles. The summed E-state index contributed by atoms with van der Waals surface area (Å²) >= 11 is 0. The van der Waals surface area contributed by atoms with Gasteiger partial charge in [-0.3, -0.25) is 9.78 Å². The van der Waals surface area contributed by atoms with Gasteiger partial charge < -0.3 is 14.2 Å². The molecule has 1 aliphatic carbocycles. The molecule has 0 amide bonds. The molecule has 26 heavy (non-hydrogen) atoms. The molecule has 0 radical (unpaired) electrons. The minimum absolute atomic E-state index is 0.374. The van der Waals surface area contributed by atoms with Crippen LogP contribution < -0.4 is 14.2 Å². The van der Waals surface area contributed by atoms with Crippen molar-refractivity contribution in [3.63, 3.8) is 0 Å². The van der Waals surface area contributed by atoms with Gasteiger partial charge in [-0.2, -0.15) is 0 Å². The van der Waals surface area contributed by atoms with Crippen molar-refractivity contribution >= 4 is 11.9 Å². The van der Waals surface area contributed by atoms with Crippen LogP contribution in [0.15, 0.2) is 36.3 Å². The molecule has 2 heterocycles. The number of carbonyl (C=O) groups excluding carboxylic acids is 1. The summed E-state index contributed by atoms with van der Waals surface area (Å²) in [5.74, 6) is 1.46. The minimum atomic E-state index is 0.374. The van der Waals surface area contributed by atoms with Crippen LogP contribution in [-0.2, 0) is 0 Å². The van der Waals surface area contributed by atoms with Crippen molar-refractivity contribution in [1.82, 2.24) is 9.97 Å². The van der Waals surface area contributed by atoms with Gasteiger partial charge in [0.05, 0.1) is 26.6 Å². The van der Waals surface area contributed by atoms with E-state index in [0.717, 1.165) is 37.5 Å². The predicted molar refractivity (Wildman–Crippen MR) is 97.8 cm³/mol. The highest BCUT2D eigenvalue weighted by atomic mass is 16.5. The molecule has 0 spiro atoms. The topological polar surface area (TPSA) is 70.5 Å². The van der Waals surface area contributed by atoms with Gasteiger partial charge in [0.15, 0.2) is 17.8 Å². The molecule has 0 N–H and O–H groups in total. The van der Waals surface area contributed by atoms with Crippen molar-refractivity contribution in [3.05, 3.63) is 47.4 Å². The number of allylic oxidation sites excluding steroid dienone is 1. The molecule has 0 saturated carbocycles. The molecule has 0 fully saturated rings. The highest BCUT2D eigenvalue weighted by molar-refractivity contribution is 5.83. The standard InChI is InChI=1S/C20H22N2O4/c1-24-18-10-21-11-19(17(18)12-23)26-13-14-6-3-4-7-15(14)16-8-5-9-22-20(16)25-2/h5,8-12H,3-4,6-7,13H2,1-2H3. The quantitative estimate of drug-likeness (QED) is 0.706. The highest BCUT2D eigenvalue weighted by Gasteiger charge is 2.19. The van der Waals surface area contributed by atoms with Gasteiger partial charge >= 0.3 is 0 Å². The zero-order chi connectivity index (χ0) is 18.4. The van der Waals surface area contributed by atoms with Crippen LogP contribution in [-0.4, -0.2) is 37.1 Å². The maximum absolute atomic E-state index is 11.4. The van der Waals surface area contributed by atoms with Crippen molar-refractivity contribution in [2.75, 3.05) is 20.8 Å². The summed E-state index contributed by atoms with van der Waals surface area (Å²) < 4.78 is 16.5. The number of nitrogens with zero attached hydrogens (tertiary/aromatic N) is 2. The van der Waals surface area contributed by atoms with E-state index in [0.29, 0.717) is 29.5 Å². The largest absolute Gasteiger partial charge is 0.494 e. The van der Waals surface area contributed by atoms with Crippen LogP contribution in [0.3, 0.4) is 0 Å². The van der Waals surface area contributed by atoms with E-state index in [-0.39, 0.29) is 0 Å². The van der Waals surface area contributed by atoms with Crippen LogP contribution in [0, 0.1) is 0 Å². The lowest BCUT2D eigenvalue weighted by Crippen LogP contribution is -2.10. The fourth-order valence-electron chi connectivity index (χ4n) is 3.23. The Morgan fingerprint density at radius 2 is 1.92 bits per heavy atom. The van der Waals surface area contributed by atoms with E-state index in [4.69, 9.17) is 14.2 Å². The Morgan fingerprint density at radius 3 is 2.69 bits per heavy atom. The van der Waals surface area contributed by atoms with Crippen molar-refractivity contribution in [2.24, 2.45) is 0 Å². The second-order valence-electron chi connectivity index (χ2n) is 6.01. The van der Waals surface area contributed by atoms with Gasteiger partial charge in [0.25, 0.3) is 0 Å². The summed E-state index contributed by atoms with van der Waals surface area (Å²) in [6.07, 6.45) is 9.64. The molecule has 2 aromatic rings. The Labute approximate surface area is 152 Å². The lowest BCUT2D eigenvalue weighted by Gasteiger charge is -2.22. The molecule has 1 aliphatic rings. The van der Waals surface area contributed by atoms with E-state index < -0.39 is 0 Å². The van der Waals surface area contributed by atoms with Gasteiger partial charge in [-0.25, -0.2) is 4.98 Å². The lowest BCUT2D eigenvalue weighted by molar-refractivity contribution is 0.111. The number of carbonyl (C=O) groups is 1. The van der Waals surface area contributed by atoms with Crippen LogP contribution in [0.25, 0.3) is 5.57 Å². The average molecular weight is 354 g/mol. The van der Waals surface area contributed by atoms with Gasteiger partial charge in [0.2, 0.25) is 5.88 Å². The van der Waals surface area contributed by atoms with Gasteiger partial charge in [-0.1, -0.05) is 0 Å². The Balaban J connectivity index is 1.90. The third-order valence-electron chi connectivity index (χ3n) is 4.53. The molecule has 6 heteroatoms. The third kappa shape index (κ3) is 3.69. The van der Waals surface area contributed by atoms with Crippen LogP contribution in [0.5, 0.6) is 17.4 Å². The number of methoxy groups -OCH3 is 2. The first-order chi connectivity index (χ1) is 12.8. The van der Waals surface area contributed by atoms with Crippen molar-refractivity contribution in [2.45, 2.75) is 25.7 Å². The molecule has 2 aromatic heterocycles. The summed E-state index contributed by atoms with van der Waals surface area (Å²) in [4.78, 5) is 19.8. The summed E-state index contributed by atoms with van der Waals surface area (Å²) in [7, 11) is 3.13. The van der Waals surface area contributed by atoms with E-state index in [1.807, 2.05) is 12.1 Å². The first kappa shape index (κ1) is 17.9. The lowest BCUT2D eigenvalue weighted by atomic mass is 9.88. The maximum Gasteiger partial charge on any atom is 0.220 e. The zero-order valence-corrected chi connectivity index (χ0v) is 15.0. The van der Waals surface area contributed by atoms with Gasteiger partial charge in [-0.15, -0.1) is 0 Å². The Kier molecular flexibility index (Phi) is 5.84. The van der Waals surface area contributed by atoms with Crippen molar-refractivity contribution in [3.8, 4) is 17.4 Å². The maximum atomic E-state index is 11.4. The SMILES string of the molecule is COc1cncc(OCC2=C(c3cccnc3OC)CCCC2)c1C=O. The van der Waals surface area contributed by atoms with E-state index in [2.05, 4.69) is 9.97 Å². The Hall–Kier alpha value is -2.89. The Bertz CT molecular complexity index is 817.